The number of allylic oxidation sites excluding steroid dienone is 1. The smallest absolute Gasteiger partial charge is 0.263 e. The van der Waals surface area contributed by atoms with E-state index in [0.717, 1.165) is 22.1 Å². The standard InChI is InChI=1S/C30H20N4S2/c1-30(2)24-16-26(34(20-10-6-4-7-11-20)21-12-8-5-9-13-21)33-18-23(24)28-27(30)29-25(36-28)15-22(35-29)14-19(17-31)32-3/h4-16,18H,1-2H3/b19-14-. The number of anilines is 3. The third-order valence-electron chi connectivity index (χ3n) is 6.59. The van der Waals surface area contributed by atoms with Crippen molar-refractivity contribution in [1.29, 1.82) is 5.26 Å². The summed E-state index contributed by atoms with van der Waals surface area (Å²) < 4.78 is 2.42. The van der Waals surface area contributed by atoms with E-state index in [4.69, 9.17) is 16.8 Å². The summed E-state index contributed by atoms with van der Waals surface area (Å²) in [6.07, 6.45) is 3.70. The predicted molar refractivity (Wildman–Crippen MR) is 150 cm³/mol. The number of aromatic nitrogens is 1. The highest BCUT2D eigenvalue weighted by Gasteiger charge is 2.40. The van der Waals surface area contributed by atoms with E-state index in [9.17, 15) is 0 Å². The molecule has 1 aliphatic rings. The molecule has 6 rings (SSSR count). The lowest BCUT2D eigenvalue weighted by molar-refractivity contribution is 0.667. The molecule has 5 aromatic rings. The van der Waals surface area contributed by atoms with Gasteiger partial charge in [-0.1, -0.05) is 50.2 Å². The molecule has 0 bridgehead atoms. The Morgan fingerprint density at radius 2 is 1.69 bits per heavy atom. The lowest BCUT2D eigenvalue weighted by atomic mass is 9.83. The number of para-hydroxylation sites is 2. The van der Waals surface area contributed by atoms with E-state index in [1.165, 1.54) is 31.0 Å². The van der Waals surface area contributed by atoms with Crippen molar-refractivity contribution in [3.05, 3.63) is 112 Å². The van der Waals surface area contributed by atoms with Crippen molar-refractivity contribution in [2.24, 2.45) is 0 Å². The van der Waals surface area contributed by atoms with Crippen LogP contribution in [0, 0.1) is 17.9 Å². The second-order valence-corrected chi connectivity index (χ2v) is 11.3. The highest BCUT2D eigenvalue weighted by atomic mass is 32.1. The normalized spacial score (nSPS) is 13.6. The maximum atomic E-state index is 9.17. The first-order chi connectivity index (χ1) is 17.5. The Kier molecular flexibility index (Phi) is 5.23. The molecule has 3 aromatic heterocycles. The van der Waals surface area contributed by atoms with E-state index in [1.54, 1.807) is 28.7 Å². The number of nitriles is 1. The Balaban J connectivity index is 1.49. The molecule has 1 aliphatic carbocycles. The number of nitrogens with zero attached hydrogens (tertiary/aromatic N) is 4. The van der Waals surface area contributed by atoms with Crippen LogP contribution in [0.1, 0.15) is 29.9 Å². The molecule has 0 unspecified atom stereocenters. The summed E-state index contributed by atoms with van der Waals surface area (Å²) in [5.74, 6) is 0.885. The third-order valence-corrected chi connectivity index (χ3v) is 8.99. The van der Waals surface area contributed by atoms with Crippen molar-refractivity contribution in [2.45, 2.75) is 19.3 Å². The molecule has 2 aromatic carbocycles. The second-order valence-electron chi connectivity index (χ2n) is 9.12. The van der Waals surface area contributed by atoms with Crippen LogP contribution in [-0.4, -0.2) is 4.98 Å². The minimum Gasteiger partial charge on any atom is -0.295 e. The van der Waals surface area contributed by atoms with Crippen LogP contribution in [0.5, 0.6) is 0 Å². The number of benzene rings is 2. The van der Waals surface area contributed by atoms with E-state index in [-0.39, 0.29) is 11.1 Å². The molecule has 0 N–H and O–H groups in total. The summed E-state index contributed by atoms with van der Waals surface area (Å²) >= 11 is 3.42. The van der Waals surface area contributed by atoms with Gasteiger partial charge in [0.1, 0.15) is 5.82 Å². The van der Waals surface area contributed by atoms with Gasteiger partial charge in [-0.15, -0.1) is 22.7 Å². The van der Waals surface area contributed by atoms with E-state index < -0.39 is 0 Å². The zero-order valence-electron chi connectivity index (χ0n) is 19.7. The molecule has 0 saturated carbocycles. The summed E-state index contributed by atoms with van der Waals surface area (Å²) in [7, 11) is 0. The highest BCUT2D eigenvalue weighted by molar-refractivity contribution is 7.30. The van der Waals surface area contributed by atoms with Crippen molar-refractivity contribution in [2.75, 3.05) is 4.90 Å². The van der Waals surface area contributed by atoms with Gasteiger partial charge >= 0.3 is 0 Å². The summed E-state index contributed by atoms with van der Waals surface area (Å²) in [6, 6.07) is 26.9. The van der Waals surface area contributed by atoms with Crippen molar-refractivity contribution in [3.8, 4) is 16.5 Å². The second kappa shape index (κ2) is 8.46. The van der Waals surface area contributed by atoms with Crippen molar-refractivity contribution < 1.29 is 0 Å². The zero-order valence-corrected chi connectivity index (χ0v) is 21.3. The maximum absolute atomic E-state index is 9.17. The topological polar surface area (TPSA) is 44.3 Å². The minimum atomic E-state index is -0.205. The molecule has 172 valence electrons. The molecule has 6 heteroatoms. The van der Waals surface area contributed by atoms with Gasteiger partial charge in [-0.2, -0.15) is 0 Å². The molecule has 0 amide bonds. The SMILES string of the molecule is [C-]#[N+]/C(C#N)=C\c1cc2sc3c(c2s1)C(C)(C)c1cc(N(c2ccccc2)c2ccccc2)ncc1-3. The number of hydrogen-bond acceptors (Lipinski definition) is 5. The number of hydrogen-bond donors (Lipinski definition) is 0. The molecule has 0 spiro atoms. The number of pyridine rings is 1. The maximum Gasteiger partial charge on any atom is 0.263 e. The molecule has 36 heavy (non-hydrogen) atoms. The van der Waals surface area contributed by atoms with Gasteiger partial charge in [-0.3, -0.25) is 4.90 Å². The highest BCUT2D eigenvalue weighted by Crippen LogP contribution is 2.57. The molecule has 0 radical (unpaired) electrons. The van der Waals surface area contributed by atoms with E-state index in [2.05, 4.69) is 60.0 Å². The number of rotatable bonds is 4. The van der Waals surface area contributed by atoms with Gasteiger partial charge in [0.15, 0.2) is 0 Å². The fourth-order valence-corrected chi connectivity index (χ4v) is 7.85. The molecular formula is C30H20N4S2. The van der Waals surface area contributed by atoms with E-state index >= 15 is 0 Å². The lowest BCUT2D eigenvalue weighted by Crippen LogP contribution is -2.17. The van der Waals surface area contributed by atoms with Gasteiger partial charge in [-0.25, -0.2) is 15.1 Å². The van der Waals surface area contributed by atoms with Crippen LogP contribution in [0.4, 0.5) is 17.2 Å². The Morgan fingerprint density at radius 1 is 1.03 bits per heavy atom. The van der Waals surface area contributed by atoms with Crippen LogP contribution in [-0.2, 0) is 5.41 Å². The van der Waals surface area contributed by atoms with Crippen LogP contribution in [0.15, 0.2) is 84.7 Å². The van der Waals surface area contributed by atoms with Gasteiger partial charge in [0.25, 0.3) is 5.70 Å². The fraction of sp³-hybridized carbons (Fsp3) is 0.100. The zero-order chi connectivity index (χ0) is 24.9. The Bertz CT molecular complexity index is 1670. The third kappa shape index (κ3) is 3.43. The summed E-state index contributed by atoms with van der Waals surface area (Å²) in [6.45, 7) is 11.7. The van der Waals surface area contributed by atoms with Crippen LogP contribution in [0.2, 0.25) is 0 Å². The van der Waals surface area contributed by atoms with E-state index in [0.29, 0.717) is 0 Å². The van der Waals surface area contributed by atoms with Crippen molar-refractivity contribution >= 4 is 55.3 Å². The Hall–Kier alpha value is -4.23. The van der Waals surface area contributed by atoms with Gasteiger partial charge in [0.2, 0.25) is 0 Å². The average molecular weight is 501 g/mol. The van der Waals surface area contributed by atoms with Gasteiger partial charge in [0, 0.05) is 43.0 Å². The summed E-state index contributed by atoms with van der Waals surface area (Å²) in [4.78, 5) is 12.7. The first-order valence-corrected chi connectivity index (χ1v) is 13.1. The molecule has 0 aliphatic heterocycles. The molecule has 4 nitrogen and oxygen atoms in total. The molecule has 0 fully saturated rings. The van der Waals surface area contributed by atoms with Gasteiger partial charge in [-0.05, 0) is 53.6 Å². The quantitative estimate of drug-likeness (QED) is 0.183. The Labute approximate surface area is 217 Å². The van der Waals surface area contributed by atoms with Crippen molar-refractivity contribution in [3.63, 3.8) is 0 Å². The van der Waals surface area contributed by atoms with Crippen LogP contribution < -0.4 is 4.90 Å². The first kappa shape index (κ1) is 22.2. The van der Waals surface area contributed by atoms with Crippen LogP contribution in [0.25, 0.3) is 30.8 Å². The average Bonchev–Trinajstić information content (AvgIpc) is 3.52. The minimum absolute atomic E-state index is 0.110. The molecule has 3 heterocycles. The van der Waals surface area contributed by atoms with Gasteiger partial charge in [0.05, 0.1) is 17.3 Å². The van der Waals surface area contributed by atoms with Crippen molar-refractivity contribution in [1.82, 2.24) is 4.98 Å². The summed E-state index contributed by atoms with van der Waals surface area (Å²) in [5.41, 5.74) is 5.79. The van der Waals surface area contributed by atoms with Crippen LogP contribution in [0.3, 0.4) is 0 Å². The lowest BCUT2D eigenvalue weighted by Gasteiger charge is -2.27. The van der Waals surface area contributed by atoms with Crippen LogP contribution >= 0.6 is 22.7 Å². The van der Waals surface area contributed by atoms with Gasteiger partial charge < -0.3 is 0 Å². The Morgan fingerprint density at radius 3 is 2.31 bits per heavy atom. The molecular weight excluding hydrogens is 480 g/mol. The fourth-order valence-electron chi connectivity index (χ4n) is 4.93. The molecule has 0 saturated heterocycles. The largest absolute Gasteiger partial charge is 0.295 e. The summed E-state index contributed by atoms with van der Waals surface area (Å²) in [5, 5.41) is 9.17. The number of thiophene rings is 2. The monoisotopic (exact) mass is 500 g/mol. The predicted octanol–water partition coefficient (Wildman–Crippen LogP) is 8.92. The molecule has 0 atom stereocenters. The first-order valence-electron chi connectivity index (χ1n) is 11.5. The number of fused-ring (bicyclic) bond motifs is 5. The van der Waals surface area contributed by atoms with E-state index in [1.807, 2.05) is 48.7 Å².